The second-order valence-electron chi connectivity index (χ2n) is 7.00. The molecule has 2 rings (SSSR count). The molecule has 1 amide bonds. The molecule has 0 aliphatic heterocycles. The first kappa shape index (κ1) is 18.8. The smallest absolute Gasteiger partial charge is 0.415 e. The van der Waals surface area contributed by atoms with Crippen LogP contribution in [-0.2, 0) is 4.74 Å². The van der Waals surface area contributed by atoms with Gasteiger partial charge in [0.05, 0.1) is 6.04 Å². The van der Waals surface area contributed by atoms with E-state index in [4.69, 9.17) is 10.5 Å². The number of amides is 1. The Labute approximate surface area is 148 Å². The zero-order chi connectivity index (χ0) is 18.6. The van der Waals surface area contributed by atoms with Crippen molar-refractivity contribution in [2.45, 2.75) is 45.5 Å². The summed E-state index contributed by atoms with van der Waals surface area (Å²) in [6.07, 6.45) is -1.97. The molecule has 0 spiro atoms. The molecule has 0 radical (unpaired) electrons. The van der Waals surface area contributed by atoms with E-state index in [-0.39, 0.29) is 0 Å². The SMILES string of the molecule is C[C@H]([C@H](F)c1ccccc1)N(C(=O)OC(C)(C)C)c1cccc(N)c1. The number of carbonyl (C=O) groups is 1. The summed E-state index contributed by atoms with van der Waals surface area (Å²) in [6, 6.07) is 14.8. The Morgan fingerprint density at radius 3 is 2.32 bits per heavy atom. The van der Waals surface area contributed by atoms with E-state index in [0.717, 1.165) is 0 Å². The molecule has 134 valence electrons. The number of hydrogen-bond acceptors (Lipinski definition) is 3. The highest BCUT2D eigenvalue weighted by atomic mass is 19.1. The maximum atomic E-state index is 15.1. The van der Waals surface area contributed by atoms with E-state index in [0.29, 0.717) is 16.9 Å². The molecule has 4 nitrogen and oxygen atoms in total. The summed E-state index contributed by atoms with van der Waals surface area (Å²) in [7, 11) is 0. The molecule has 5 heteroatoms. The van der Waals surface area contributed by atoms with Crippen molar-refractivity contribution in [3.05, 3.63) is 60.2 Å². The first-order valence-corrected chi connectivity index (χ1v) is 8.26. The summed E-state index contributed by atoms with van der Waals surface area (Å²) in [4.78, 5) is 14.1. The monoisotopic (exact) mass is 344 g/mol. The number of alkyl halides is 1. The zero-order valence-corrected chi connectivity index (χ0v) is 15.1. The molecule has 2 atom stereocenters. The van der Waals surface area contributed by atoms with Gasteiger partial charge in [0, 0.05) is 11.4 Å². The predicted molar refractivity (Wildman–Crippen MR) is 99.3 cm³/mol. The fraction of sp³-hybridized carbons (Fsp3) is 0.350. The summed E-state index contributed by atoms with van der Waals surface area (Å²) >= 11 is 0. The highest BCUT2D eigenvalue weighted by Gasteiger charge is 2.33. The lowest BCUT2D eigenvalue weighted by Gasteiger charge is -2.33. The summed E-state index contributed by atoms with van der Waals surface area (Å²) in [6.45, 7) is 6.98. The van der Waals surface area contributed by atoms with Crippen molar-refractivity contribution in [1.29, 1.82) is 0 Å². The quantitative estimate of drug-likeness (QED) is 0.784. The number of nitrogens with two attached hydrogens (primary N) is 1. The predicted octanol–water partition coefficient (Wildman–Crippen LogP) is 5.11. The molecule has 2 aromatic carbocycles. The second-order valence-corrected chi connectivity index (χ2v) is 7.00. The molecule has 0 bridgehead atoms. The Morgan fingerprint density at radius 2 is 1.76 bits per heavy atom. The maximum absolute atomic E-state index is 15.1. The van der Waals surface area contributed by atoms with Crippen molar-refractivity contribution < 1.29 is 13.9 Å². The first-order valence-electron chi connectivity index (χ1n) is 8.26. The lowest BCUT2D eigenvalue weighted by Crippen LogP contribution is -2.44. The van der Waals surface area contributed by atoms with Gasteiger partial charge in [-0.05, 0) is 51.5 Å². The third-order valence-electron chi connectivity index (χ3n) is 3.69. The summed E-state index contributed by atoms with van der Waals surface area (Å²) in [5.74, 6) is 0. The van der Waals surface area contributed by atoms with E-state index in [1.54, 1.807) is 76.2 Å². The van der Waals surface area contributed by atoms with Crippen molar-refractivity contribution in [3.8, 4) is 0 Å². The van der Waals surface area contributed by atoms with Crippen LogP contribution < -0.4 is 10.6 Å². The molecule has 25 heavy (non-hydrogen) atoms. The van der Waals surface area contributed by atoms with E-state index in [1.807, 2.05) is 6.07 Å². The zero-order valence-electron chi connectivity index (χ0n) is 15.1. The molecular formula is C20H25FN2O2. The molecule has 0 unspecified atom stereocenters. The van der Waals surface area contributed by atoms with Crippen LogP contribution in [0.1, 0.15) is 39.4 Å². The van der Waals surface area contributed by atoms with Gasteiger partial charge in [-0.1, -0.05) is 36.4 Å². The van der Waals surface area contributed by atoms with Crippen LogP contribution in [0.25, 0.3) is 0 Å². The third kappa shape index (κ3) is 4.95. The van der Waals surface area contributed by atoms with E-state index in [1.165, 1.54) is 4.90 Å². The van der Waals surface area contributed by atoms with Crippen LogP contribution in [0.5, 0.6) is 0 Å². The second kappa shape index (κ2) is 7.55. The minimum Gasteiger partial charge on any atom is -0.443 e. The third-order valence-corrected chi connectivity index (χ3v) is 3.69. The number of nitrogen functional groups attached to an aromatic ring is 1. The summed E-state index contributed by atoms with van der Waals surface area (Å²) in [5, 5.41) is 0. The summed E-state index contributed by atoms with van der Waals surface area (Å²) in [5.41, 5.74) is 6.65. The number of nitrogens with zero attached hydrogens (tertiary/aromatic N) is 1. The molecule has 0 aliphatic carbocycles. The number of halogens is 1. The highest BCUT2D eigenvalue weighted by Crippen LogP contribution is 2.31. The lowest BCUT2D eigenvalue weighted by molar-refractivity contribution is 0.0550. The van der Waals surface area contributed by atoms with Gasteiger partial charge in [0.25, 0.3) is 0 Å². The molecule has 0 saturated heterocycles. The van der Waals surface area contributed by atoms with Gasteiger partial charge in [0.2, 0.25) is 0 Å². The van der Waals surface area contributed by atoms with Crippen LogP contribution in [0, 0.1) is 0 Å². The van der Waals surface area contributed by atoms with Gasteiger partial charge in [0.1, 0.15) is 11.8 Å². The number of carbonyl (C=O) groups excluding carboxylic acids is 1. The number of rotatable bonds is 4. The molecule has 0 aliphatic rings. The van der Waals surface area contributed by atoms with Crippen molar-refractivity contribution in [2.75, 3.05) is 10.6 Å². The largest absolute Gasteiger partial charge is 0.443 e. The Kier molecular flexibility index (Phi) is 5.67. The van der Waals surface area contributed by atoms with Crippen molar-refractivity contribution >= 4 is 17.5 Å². The van der Waals surface area contributed by atoms with E-state index in [9.17, 15) is 4.79 Å². The fourth-order valence-corrected chi connectivity index (χ4v) is 2.54. The van der Waals surface area contributed by atoms with Crippen molar-refractivity contribution in [3.63, 3.8) is 0 Å². The standard InChI is InChI=1S/C20H25FN2O2/c1-14(18(21)15-9-6-5-7-10-15)23(19(24)25-20(2,3)4)17-12-8-11-16(22)13-17/h5-14,18H,22H2,1-4H3/t14-,18+/m1/s1. The Balaban J connectivity index is 2.38. The number of hydrogen-bond donors (Lipinski definition) is 1. The van der Waals surface area contributed by atoms with Gasteiger partial charge in [-0.25, -0.2) is 9.18 Å². The molecule has 0 heterocycles. The molecule has 0 aromatic heterocycles. The minimum atomic E-state index is -1.37. The lowest BCUT2D eigenvalue weighted by atomic mass is 10.0. The van der Waals surface area contributed by atoms with Gasteiger partial charge in [-0.15, -0.1) is 0 Å². The van der Waals surface area contributed by atoms with Crippen LogP contribution in [-0.4, -0.2) is 17.7 Å². The minimum absolute atomic E-state index is 0.494. The van der Waals surface area contributed by atoms with Crippen LogP contribution in [0.2, 0.25) is 0 Å². The van der Waals surface area contributed by atoms with Crippen LogP contribution >= 0.6 is 0 Å². The Bertz CT molecular complexity index is 713. The van der Waals surface area contributed by atoms with Gasteiger partial charge >= 0.3 is 6.09 Å². The highest BCUT2D eigenvalue weighted by molar-refractivity contribution is 5.89. The van der Waals surface area contributed by atoms with E-state index < -0.39 is 23.9 Å². The van der Waals surface area contributed by atoms with E-state index in [2.05, 4.69) is 0 Å². The average molecular weight is 344 g/mol. The molecular weight excluding hydrogens is 319 g/mol. The van der Waals surface area contributed by atoms with E-state index >= 15 is 4.39 Å². The molecule has 0 saturated carbocycles. The summed E-state index contributed by atoms with van der Waals surface area (Å²) < 4.78 is 20.6. The van der Waals surface area contributed by atoms with Crippen molar-refractivity contribution in [1.82, 2.24) is 0 Å². The number of ether oxygens (including phenoxy) is 1. The normalized spacial score (nSPS) is 13.8. The molecule has 2 N–H and O–H groups in total. The van der Waals surface area contributed by atoms with Gasteiger partial charge in [0.15, 0.2) is 0 Å². The molecule has 0 fully saturated rings. The van der Waals surface area contributed by atoms with Crippen LogP contribution in [0.15, 0.2) is 54.6 Å². The van der Waals surface area contributed by atoms with Crippen molar-refractivity contribution in [2.24, 2.45) is 0 Å². The maximum Gasteiger partial charge on any atom is 0.415 e. The number of anilines is 2. The number of benzene rings is 2. The van der Waals surface area contributed by atoms with Crippen LogP contribution in [0.4, 0.5) is 20.6 Å². The van der Waals surface area contributed by atoms with Gasteiger partial charge in [-0.3, -0.25) is 4.90 Å². The Hall–Kier alpha value is -2.56. The average Bonchev–Trinajstić information content (AvgIpc) is 2.53. The van der Waals surface area contributed by atoms with Gasteiger partial charge in [-0.2, -0.15) is 0 Å². The first-order chi connectivity index (χ1) is 11.7. The molecule has 2 aromatic rings. The van der Waals surface area contributed by atoms with Gasteiger partial charge < -0.3 is 10.5 Å². The Morgan fingerprint density at radius 1 is 1.12 bits per heavy atom. The fourth-order valence-electron chi connectivity index (χ4n) is 2.54. The van der Waals surface area contributed by atoms with Crippen LogP contribution in [0.3, 0.4) is 0 Å². The topological polar surface area (TPSA) is 55.6 Å².